The van der Waals surface area contributed by atoms with Gasteiger partial charge in [0.15, 0.2) is 17.6 Å². The topological polar surface area (TPSA) is 50.0 Å². The van der Waals surface area contributed by atoms with Gasteiger partial charge in [-0.25, -0.2) is 0 Å². The van der Waals surface area contributed by atoms with Gasteiger partial charge in [0.25, 0.3) is 0 Å². The fourth-order valence-electron chi connectivity index (χ4n) is 5.17. The van der Waals surface area contributed by atoms with Crippen molar-refractivity contribution in [3.05, 3.63) is 83.1 Å². The molecule has 35 heavy (non-hydrogen) atoms. The molecule has 1 unspecified atom stereocenters. The number of para-hydroxylation sites is 2. The van der Waals surface area contributed by atoms with Gasteiger partial charge in [0.2, 0.25) is 0 Å². The second kappa shape index (κ2) is 9.88. The van der Waals surface area contributed by atoms with E-state index in [0.29, 0.717) is 12.4 Å². The highest BCUT2D eigenvalue weighted by Gasteiger charge is 2.28. The Hall–Kier alpha value is -3.09. The molecular formula is C28H30ClN3O3. The van der Waals surface area contributed by atoms with Crippen LogP contribution in [0, 0.1) is 0 Å². The lowest BCUT2D eigenvalue weighted by atomic mass is 10.1. The first-order valence-electron chi connectivity index (χ1n) is 12.4. The smallest absolute Gasteiger partial charge is 0.165 e. The first-order chi connectivity index (χ1) is 17.2. The van der Waals surface area contributed by atoms with Gasteiger partial charge in [0, 0.05) is 60.8 Å². The third-order valence-electron chi connectivity index (χ3n) is 7.06. The highest BCUT2D eigenvalue weighted by atomic mass is 35.5. The van der Waals surface area contributed by atoms with Crippen molar-refractivity contribution in [1.82, 2.24) is 9.88 Å². The van der Waals surface area contributed by atoms with Gasteiger partial charge >= 0.3 is 0 Å². The van der Waals surface area contributed by atoms with Crippen molar-refractivity contribution < 1.29 is 14.2 Å². The van der Waals surface area contributed by atoms with Crippen molar-refractivity contribution in [2.24, 2.45) is 0 Å². The summed E-state index contributed by atoms with van der Waals surface area (Å²) in [6.07, 6.45) is 8.93. The van der Waals surface area contributed by atoms with Gasteiger partial charge in [-0.1, -0.05) is 29.8 Å². The maximum atomic E-state index is 6.24. The molecule has 6 rings (SSSR count). The number of nitrogens with zero attached hydrogens (tertiary/aromatic N) is 2. The fraction of sp³-hybridized carbons (Fsp3) is 0.357. The Morgan fingerprint density at radius 1 is 1.09 bits per heavy atom. The summed E-state index contributed by atoms with van der Waals surface area (Å²) in [5, 5.41) is 2.05. The van der Waals surface area contributed by atoms with Crippen molar-refractivity contribution in [3.8, 4) is 5.75 Å². The van der Waals surface area contributed by atoms with Gasteiger partial charge in [-0.3, -0.25) is 4.90 Å². The number of aryl methyl sites for hydroxylation is 1. The Bertz CT molecular complexity index is 1260. The SMILES string of the molecule is Clc1ccc2c(CCCN3CCN(c4ccccc4OC4=COC5CCOC5=C4)CC3)c[nH]c2c1. The number of aromatic nitrogens is 1. The number of anilines is 1. The Morgan fingerprint density at radius 2 is 1.97 bits per heavy atom. The standard InChI is InChI=1S/C28H30ClN3O3/c29-21-7-8-23-20(18-30-24(23)16-21)4-3-10-31-11-13-32(14-12-31)25-5-1-2-6-26(25)35-22-17-28-27(34-19-22)9-15-33-28/h1-2,5-8,16-19,27,30H,3-4,9-15H2. The number of hydrogen-bond acceptors (Lipinski definition) is 5. The first kappa shape index (κ1) is 22.4. The second-order valence-corrected chi connectivity index (χ2v) is 9.77. The molecule has 1 N–H and O–H groups in total. The minimum absolute atomic E-state index is 0.0418. The van der Waals surface area contributed by atoms with Gasteiger partial charge < -0.3 is 24.1 Å². The van der Waals surface area contributed by atoms with Crippen LogP contribution in [0.3, 0.4) is 0 Å². The predicted octanol–water partition coefficient (Wildman–Crippen LogP) is 5.50. The maximum Gasteiger partial charge on any atom is 0.165 e. The van der Waals surface area contributed by atoms with E-state index >= 15 is 0 Å². The van der Waals surface area contributed by atoms with Crippen LogP contribution < -0.4 is 9.64 Å². The number of halogens is 1. The van der Waals surface area contributed by atoms with E-state index in [1.807, 2.05) is 30.3 Å². The van der Waals surface area contributed by atoms with Crippen LogP contribution >= 0.6 is 11.6 Å². The lowest BCUT2D eigenvalue weighted by Crippen LogP contribution is -2.46. The number of piperazine rings is 1. The zero-order valence-electron chi connectivity index (χ0n) is 19.7. The van der Waals surface area contributed by atoms with Crippen molar-refractivity contribution in [2.45, 2.75) is 25.4 Å². The molecule has 3 aromatic rings. The summed E-state index contributed by atoms with van der Waals surface area (Å²) in [4.78, 5) is 8.33. The molecule has 0 aliphatic carbocycles. The molecule has 0 amide bonds. The first-order valence-corrected chi connectivity index (χ1v) is 12.8. The maximum absolute atomic E-state index is 6.24. The molecular weight excluding hydrogens is 462 g/mol. The van der Waals surface area contributed by atoms with Crippen LogP contribution in [-0.4, -0.2) is 55.3 Å². The summed E-state index contributed by atoms with van der Waals surface area (Å²) in [5.41, 5.74) is 3.61. The lowest BCUT2D eigenvalue weighted by molar-refractivity contribution is 0.146. The van der Waals surface area contributed by atoms with E-state index in [4.69, 9.17) is 25.8 Å². The van der Waals surface area contributed by atoms with Gasteiger partial charge in [0.05, 0.1) is 12.3 Å². The molecule has 0 saturated carbocycles. The van der Waals surface area contributed by atoms with E-state index in [1.165, 1.54) is 10.9 Å². The molecule has 2 saturated heterocycles. The van der Waals surface area contributed by atoms with E-state index in [2.05, 4.69) is 39.2 Å². The number of benzene rings is 2. The van der Waals surface area contributed by atoms with Crippen LogP contribution in [-0.2, 0) is 15.9 Å². The zero-order chi connectivity index (χ0) is 23.6. The number of nitrogens with one attached hydrogen (secondary N) is 1. The average molecular weight is 492 g/mol. The Kier molecular flexibility index (Phi) is 6.32. The molecule has 1 atom stereocenters. The molecule has 4 heterocycles. The summed E-state index contributed by atoms with van der Waals surface area (Å²) >= 11 is 6.11. The highest BCUT2D eigenvalue weighted by molar-refractivity contribution is 6.31. The van der Waals surface area contributed by atoms with Crippen LogP contribution in [0.4, 0.5) is 5.69 Å². The average Bonchev–Trinajstić information content (AvgIpc) is 3.51. The normalized spacial score (nSPS) is 20.1. The van der Waals surface area contributed by atoms with Gasteiger partial charge in [-0.05, 0) is 49.2 Å². The van der Waals surface area contributed by atoms with E-state index in [9.17, 15) is 0 Å². The second-order valence-electron chi connectivity index (χ2n) is 9.33. The van der Waals surface area contributed by atoms with E-state index in [1.54, 1.807) is 6.26 Å². The number of aromatic amines is 1. The van der Waals surface area contributed by atoms with E-state index < -0.39 is 0 Å². The number of allylic oxidation sites excluding steroid dienone is 1. The Labute approximate surface area is 210 Å². The molecule has 1 aromatic heterocycles. The summed E-state index contributed by atoms with van der Waals surface area (Å²) in [7, 11) is 0. The van der Waals surface area contributed by atoms with E-state index in [-0.39, 0.29) is 6.10 Å². The summed E-state index contributed by atoms with van der Waals surface area (Å²) < 4.78 is 17.7. The molecule has 0 bridgehead atoms. The van der Waals surface area contributed by atoms with Crippen LogP contribution in [0.15, 0.2) is 72.5 Å². The fourth-order valence-corrected chi connectivity index (χ4v) is 5.34. The third kappa shape index (κ3) is 4.86. The molecule has 3 aliphatic rings. The van der Waals surface area contributed by atoms with Crippen LogP contribution in [0.1, 0.15) is 18.4 Å². The van der Waals surface area contributed by atoms with E-state index in [0.717, 1.165) is 79.7 Å². The van der Waals surface area contributed by atoms with Crippen molar-refractivity contribution in [3.63, 3.8) is 0 Å². The third-order valence-corrected chi connectivity index (χ3v) is 7.29. The number of hydrogen-bond donors (Lipinski definition) is 1. The van der Waals surface area contributed by atoms with Crippen molar-refractivity contribution >= 4 is 28.2 Å². The predicted molar refractivity (Wildman–Crippen MR) is 139 cm³/mol. The molecule has 7 heteroatoms. The van der Waals surface area contributed by atoms with Gasteiger partial charge in [0.1, 0.15) is 12.0 Å². The van der Waals surface area contributed by atoms with Crippen molar-refractivity contribution in [2.75, 3.05) is 44.2 Å². The lowest BCUT2D eigenvalue weighted by Gasteiger charge is -2.36. The molecule has 6 nitrogen and oxygen atoms in total. The van der Waals surface area contributed by atoms with Gasteiger partial charge in [-0.15, -0.1) is 0 Å². The Morgan fingerprint density at radius 3 is 2.89 bits per heavy atom. The van der Waals surface area contributed by atoms with Crippen LogP contribution in [0.25, 0.3) is 10.9 Å². The molecule has 2 fully saturated rings. The molecule has 3 aliphatic heterocycles. The minimum atomic E-state index is 0.0418. The summed E-state index contributed by atoms with van der Waals surface area (Å²) in [5.74, 6) is 2.40. The van der Waals surface area contributed by atoms with Gasteiger partial charge in [-0.2, -0.15) is 0 Å². The largest absolute Gasteiger partial charge is 0.494 e. The van der Waals surface area contributed by atoms with Crippen LogP contribution in [0.2, 0.25) is 5.02 Å². The number of rotatable bonds is 7. The number of fused-ring (bicyclic) bond motifs is 2. The molecule has 182 valence electrons. The minimum Gasteiger partial charge on any atom is -0.494 e. The molecule has 0 radical (unpaired) electrons. The highest BCUT2D eigenvalue weighted by Crippen LogP contribution is 2.33. The van der Waals surface area contributed by atoms with Crippen molar-refractivity contribution in [1.29, 1.82) is 0 Å². The monoisotopic (exact) mass is 491 g/mol. The number of H-pyrrole nitrogens is 1. The molecule has 0 spiro atoms. The molecule has 2 aromatic carbocycles. The quantitative estimate of drug-likeness (QED) is 0.473. The Balaban J connectivity index is 1.03. The number of ether oxygens (including phenoxy) is 3. The zero-order valence-corrected chi connectivity index (χ0v) is 20.5. The van der Waals surface area contributed by atoms with Crippen LogP contribution in [0.5, 0.6) is 5.75 Å². The summed E-state index contributed by atoms with van der Waals surface area (Å²) in [6.45, 7) is 5.86. The summed E-state index contributed by atoms with van der Waals surface area (Å²) in [6, 6.07) is 14.3.